The number of allylic oxidation sites excluding steroid dienone is 1. The number of aromatic hydroxyl groups is 1. The van der Waals surface area contributed by atoms with Crippen LogP contribution in [0.4, 0.5) is 0 Å². The van der Waals surface area contributed by atoms with Gasteiger partial charge in [0.2, 0.25) is 5.78 Å². The molecule has 0 saturated carbocycles. The number of ketones is 1. The standard InChI is InChI=1S/C26H28N2O3/c1-16-8-10-28(11-9-16)15-20-22(29)12-17(2)24-25(30)23(31-26(20)24)13-18-14-27(3)21-7-5-4-6-19(18)21/h4-7,12-14,16,29H,8-11,15H2,1-3H3/b23-13-. The van der Waals surface area contributed by atoms with Crippen LogP contribution in [0.1, 0.15) is 46.8 Å². The summed E-state index contributed by atoms with van der Waals surface area (Å²) in [7, 11) is 2.00. The van der Waals surface area contributed by atoms with Gasteiger partial charge in [0.05, 0.1) is 11.1 Å². The number of Topliss-reactive ketones (excluding diaryl/α,β-unsaturated/α-hetero) is 1. The van der Waals surface area contributed by atoms with E-state index in [9.17, 15) is 9.90 Å². The first-order valence-corrected chi connectivity index (χ1v) is 11.0. The fourth-order valence-electron chi connectivity index (χ4n) is 4.81. The summed E-state index contributed by atoms with van der Waals surface area (Å²) in [5, 5.41) is 11.8. The number of para-hydroxylation sites is 1. The number of hydrogen-bond acceptors (Lipinski definition) is 4. The molecule has 1 N–H and O–H groups in total. The van der Waals surface area contributed by atoms with Crippen molar-refractivity contribution in [3.63, 3.8) is 0 Å². The van der Waals surface area contributed by atoms with E-state index in [0.717, 1.165) is 53.9 Å². The van der Waals surface area contributed by atoms with E-state index in [0.29, 0.717) is 29.2 Å². The minimum atomic E-state index is -0.117. The number of hydrogen-bond donors (Lipinski definition) is 1. The van der Waals surface area contributed by atoms with Crippen LogP contribution in [-0.2, 0) is 13.6 Å². The minimum absolute atomic E-state index is 0.117. The maximum atomic E-state index is 13.3. The Labute approximate surface area is 182 Å². The SMILES string of the molecule is Cc1cc(O)c(CN2CCC(C)CC2)c2c1C(=O)/C(=C/c1cn(C)c3ccccc13)O2. The largest absolute Gasteiger partial charge is 0.507 e. The Balaban J connectivity index is 1.52. The Morgan fingerprint density at radius 1 is 1.23 bits per heavy atom. The van der Waals surface area contributed by atoms with Crippen LogP contribution in [0.3, 0.4) is 0 Å². The number of aryl methyl sites for hydroxylation is 2. The summed E-state index contributed by atoms with van der Waals surface area (Å²) in [4.78, 5) is 15.6. The number of phenols is 1. The number of likely N-dealkylation sites (tertiary alicyclic amines) is 1. The Morgan fingerprint density at radius 2 is 1.97 bits per heavy atom. The van der Waals surface area contributed by atoms with E-state index in [1.54, 1.807) is 6.07 Å². The molecule has 0 radical (unpaired) electrons. The molecule has 3 heterocycles. The predicted octanol–water partition coefficient (Wildman–Crippen LogP) is 5.04. The lowest BCUT2D eigenvalue weighted by atomic mass is 9.96. The summed E-state index contributed by atoms with van der Waals surface area (Å²) in [6.07, 6.45) is 6.15. The Hall–Kier alpha value is -3.05. The third kappa shape index (κ3) is 3.43. The zero-order chi connectivity index (χ0) is 21.7. The normalized spacial score (nSPS) is 18.7. The number of carbonyl (C=O) groups excluding carboxylic acids is 1. The fourth-order valence-corrected chi connectivity index (χ4v) is 4.81. The van der Waals surface area contributed by atoms with Gasteiger partial charge in [0.25, 0.3) is 0 Å². The zero-order valence-electron chi connectivity index (χ0n) is 18.3. The quantitative estimate of drug-likeness (QED) is 0.608. The third-order valence-corrected chi connectivity index (χ3v) is 6.69. The summed E-state index contributed by atoms with van der Waals surface area (Å²) in [5.74, 6) is 1.66. The number of phenolic OH excluding ortho intramolecular Hbond substituents is 1. The lowest BCUT2D eigenvalue weighted by Gasteiger charge is -2.30. The van der Waals surface area contributed by atoms with Crippen molar-refractivity contribution in [2.45, 2.75) is 33.2 Å². The molecule has 2 aromatic carbocycles. The first kappa shape index (κ1) is 19.9. The van der Waals surface area contributed by atoms with Gasteiger partial charge in [-0.05, 0) is 62.5 Å². The van der Waals surface area contributed by atoms with Crippen LogP contribution in [0.25, 0.3) is 17.0 Å². The molecule has 31 heavy (non-hydrogen) atoms. The molecule has 1 fully saturated rings. The molecule has 160 valence electrons. The lowest BCUT2D eigenvalue weighted by molar-refractivity contribution is 0.101. The molecule has 5 heteroatoms. The average molecular weight is 417 g/mol. The van der Waals surface area contributed by atoms with E-state index in [4.69, 9.17) is 4.74 Å². The predicted molar refractivity (Wildman–Crippen MR) is 122 cm³/mol. The Morgan fingerprint density at radius 3 is 2.74 bits per heavy atom. The fraction of sp³-hybridized carbons (Fsp3) is 0.346. The molecule has 0 aliphatic carbocycles. The van der Waals surface area contributed by atoms with Crippen molar-refractivity contribution in [3.8, 4) is 11.5 Å². The van der Waals surface area contributed by atoms with Crippen molar-refractivity contribution in [2.24, 2.45) is 13.0 Å². The highest BCUT2D eigenvalue weighted by atomic mass is 16.5. The molecule has 5 nitrogen and oxygen atoms in total. The van der Waals surface area contributed by atoms with Crippen molar-refractivity contribution >= 4 is 22.8 Å². The van der Waals surface area contributed by atoms with Crippen LogP contribution in [0.15, 0.2) is 42.3 Å². The Bertz CT molecular complexity index is 1210. The summed E-state index contributed by atoms with van der Waals surface area (Å²) in [5.41, 5.74) is 4.08. The third-order valence-electron chi connectivity index (χ3n) is 6.69. The summed E-state index contributed by atoms with van der Waals surface area (Å²) in [6.45, 7) is 6.72. The second-order valence-electron chi connectivity index (χ2n) is 9.01. The van der Waals surface area contributed by atoms with Gasteiger partial charge in [0.1, 0.15) is 11.5 Å². The maximum Gasteiger partial charge on any atom is 0.232 e. The number of benzene rings is 2. The number of ether oxygens (including phenoxy) is 1. The molecule has 2 aliphatic rings. The smallest absolute Gasteiger partial charge is 0.232 e. The summed E-state index contributed by atoms with van der Waals surface area (Å²) >= 11 is 0. The molecule has 0 atom stereocenters. The molecule has 0 bridgehead atoms. The van der Waals surface area contributed by atoms with Gasteiger partial charge >= 0.3 is 0 Å². The highest BCUT2D eigenvalue weighted by Crippen LogP contribution is 2.43. The van der Waals surface area contributed by atoms with Crippen molar-refractivity contribution in [2.75, 3.05) is 13.1 Å². The molecular formula is C26H28N2O3. The molecule has 2 aliphatic heterocycles. The number of rotatable bonds is 3. The number of fused-ring (bicyclic) bond motifs is 2. The molecule has 0 unspecified atom stereocenters. The van der Waals surface area contributed by atoms with E-state index in [-0.39, 0.29) is 11.5 Å². The van der Waals surface area contributed by atoms with Gasteiger partial charge in [-0.3, -0.25) is 9.69 Å². The van der Waals surface area contributed by atoms with Gasteiger partial charge in [0, 0.05) is 36.3 Å². The van der Waals surface area contributed by atoms with Crippen LogP contribution < -0.4 is 4.74 Å². The second kappa shape index (κ2) is 7.57. The van der Waals surface area contributed by atoms with Crippen molar-refractivity contribution in [1.29, 1.82) is 0 Å². The zero-order valence-corrected chi connectivity index (χ0v) is 18.3. The highest BCUT2D eigenvalue weighted by molar-refractivity contribution is 6.16. The summed E-state index contributed by atoms with van der Waals surface area (Å²) in [6, 6.07) is 9.81. The number of nitrogens with zero attached hydrogens (tertiary/aromatic N) is 2. The van der Waals surface area contributed by atoms with Crippen LogP contribution in [0.5, 0.6) is 11.5 Å². The van der Waals surface area contributed by atoms with Crippen molar-refractivity contribution in [3.05, 3.63) is 64.5 Å². The topological polar surface area (TPSA) is 54.7 Å². The van der Waals surface area contributed by atoms with Gasteiger partial charge in [-0.1, -0.05) is 25.1 Å². The van der Waals surface area contributed by atoms with E-state index in [1.807, 2.05) is 49.0 Å². The highest BCUT2D eigenvalue weighted by Gasteiger charge is 2.34. The number of carbonyl (C=O) groups is 1. The Kier molecular flexibility index (Phi) is 4.86. The van der Waals surface area contributed by atoms with E-state index in [1.165, 1.54) is 0 Å². The van der Waals surface area contributed by atoms with Gasteiger partial charge in [-0.2, -0.15) is 0 Å². The van der Waals surface area contributed by atoms with Crippen LogP contribution in [-0.4, -0.2) is 33.4 Å². The monoisotopic (exact) mass is 416 g/mol. The summed E-state index contributed by atoms with van der Waals surface area (Å²) < 4.78 is 8.20. The van der Waals surface area contributed by atoms with Crippen LogP contribution >= 0.6 is 0 Å². The molecular weight excluding hydrogens is 388 g/mol. The van der Waals surface area contributed by atoms with Crippen LogP contribution in [0, 0.1) is 12.8 Å². The molecule has 1 saturated heterocycles. The number of aromatic nitrogens is 1. The second-order valence-corrected chi connectivity index (χ2v) is 9.01. The first-order valence-electron chi connectivity index (χ1n) is 11.0. The van der Waals surface area contributed by atoms with E-state index in [2.05, 4.69) is 17.9 Å². The van der Waals surface area contributed by atoms with Gasteiger partial charge in [-0.25, -0.2) is 0 Å². The first-order chi connectivity index (χ1) is 14.9. The molecule has 0 amide bonds. The molecule has 0 spiro atoms. The average Bonchev–Trinajstić information content (AvgIpc) is 3.24. The van der Waals surface area contributed by atoms with E-state index < -0.39 is 0 Å². The molecule has 1 aromatic heterocycles. The van der Waals surface area contributed by atoms with Gasteiger partial charge in [-0.15, -0.1) is 0 Å². The van der Waals surface area contributed by atoms with Crippen LogP contribution in [0.2, 0.25) is 0 Å². The van der Waals surface area contributed by atoms with Crippen molar-refractivity contribution < 1.29 is 14.6 Å². The molecule has 5 rings (SSSR count). The van der Waals surface area contributed by atoms with Gasteiger partial charge in [0.15, 0.2) is 5.76 Å². The maximum absolute atomic E-state index is 13.3. The number of piperidine rings is 1. The van der Waals surface area contributed by atoms with Gasteiger partial charge < -0.3 is 14.4 Å². The minimum Gasteiger partial charge on any atom is -0.507 e. The molecule has 3 aromatic rings. The van der Waals surface area contributed by atoms with E-state index >= 15 is 0 Å². The van der Waals surface area contributed by atoms with Crippen molar-refractivity contribution in [1.82, 2.24) is 9.47 Å². The lowest BCUT2D eigenvalue weighted by Crippen LogP contribution is -2.32.